The number of benzene rings is 1. The van der Waals surface area contributed by atoms with E-state index in [0.29, 0.717) is 11.4 Å². The molecule has 0 radical (unpaired) electrons. The highest BCUT2D eigenvalue weighted by atomic mass is 32.2. The maximum Gasteiger partial charge on any atom is 0.264 e. The molecule has 1 aromatic rings. The van der Waals surface area contributed by atoms with Crippen LogP contribution >= 0.6 is 0 Å². The van der Waals surface area contributed by atoms with Gasteiger partial charge in [0, 0.05) is 12.6 Å². The Morgan fingerprint density at radius 1 is 1.24 bits per heavy atom. The van der Waals surface area contributed by atoms with E-state index in [0.717, 1.165) is 0 Å². The van der Waals surface area contributed by atoms with Crippen molar-refractivity contribution in [2.75, 3.05) is 5.32 Å². The lowest BCUT2D eigenvalue weighted by atomic mass is 10.2. The van der Waals surface area contributed by atoms with Crippen LogP contribution in [-0.4, -0.2) is 14.2 Å². The zero-order valence-corrected chi connectivity index (χ0v) is 10.3. The van der Waals surface area contributed by atoms with E-state index < -0.39 is 10.0 Å². The summed E-state index contributed by atoms with van der Waals surface area (Å²) in [5.74, 6) is -0.327. The molecule has 2 rings (SSSR count). The van der Waals surface area contributed by atoms with Gasteiger partial charge in [-0.1, -0.05) is 12.1 Å². The number of sulfonamides is 1. The molecule has 0 bridgehead atoms. The van der Waals surface area contributed by atoms with Crippen LogP contribution < -0.4 is 10.0 Å². The van der Waals surface area contributed by atoms with Crippen molar-refractivity contribution in [2.24, 2.45) is 0 Å². The number of allylic oxidation sites excluding steroid dienone is 2. The number of anilines is 1. The standard InChI is InChI=1S/C11H12N2O3S/c1-7-11(8(2)14)13-17(15,16)10-6-4-3-5-9(10)12-7/h3-6,12-13H,1-2H3. The second-order valence-corrected chi connectivity index (χ2v) is 5.43. The van der Waals surface area contributed by atoms with Crippen molar-refractivity contribution in [3.05, 3.63) is 35.7 Å². The Labute approximate surface area is 99.6 Å². The van der Waals surface area contributed by atoms with Crippen molar-refractivity contribution >= 4 is 21.5 Å². The summed E-state index contributed by atoms with van der Waals surface area (Å²) in [4.78, 5) is 11.5. The fourth-order valence-corrected chi connectivity index (χ4v) is 3.01. The molecule has 0 fully saturated rings. The normalized spacial score (nSPS) is 17.5. The number of para-hydroxylation sites is 1. The fraction of sp³-hybridized carbons (Fsp3) is 0.182. The minimum absolute atomic E-state index is 0.0706. The van der Waals surface area contributed by atoms with Crippen molar-refractivity contribution in [3.8, 4) is 0 Å². The van der Waals surface area contributed by atoms with Gasteiger partial charge in [-0.3, -0.25) is 9.52 Å². The highest BCUT2D eigenvalue weighted by molar-refractivity contribution is 7.89. The maximum atomic E-state index is 12.0. The van der Waals surface area contributed by atoms with E-state index in [1.165, 1.54) is 13.0 Å². The first-order valence-electron chi connectivity index (χ1n) is 5.02. The largest absolute Gasteiger partial charge is 0.356 e. The van der Waals surface area contributed by atoms with Crippen molar-refractivity contribution in [1.29, 1.82) is 0 Å². The summed E-state index contributed by atoms with van der Waals surface area (Å²) < 4.78 is 26.3. The minimum Gasteiger partial charge on any atom is -0.356 e. The van der Waals surface area contributed by atoms with Crippen molar-refractivity contribution in [2.45, 2.75) is 18.7 Å². The third kappa shape index (κ3) is 2.03. The maximum absolute atomic E-state index is 12.0. The molecule has 0 atom stereocenters. The molecule has 0 aromatic heterocycles. The molecule has 0 aliphatic carbocycles. The molecule has 1 aliphatic rings. The summed E-state index contributed by atoms with van der Waals surface area (Å²) in [6, 6.07) is 6.50. The number of carbonyl (C=O) groups is 1. The quantitative estimate of drug-likeness (QED) is 0.787. The van der Waals surface area contributed by atoms with Crippen molar-refractivity contribution in [1.82, 2.24) is 4.72 Å². The first kappa shape index (κ1) is 11.7. The summed E-state index contributed by atoms with van der Waals surface area (Å²) in [5.41, 5.74) is 1.03. The van der Waals surface area contributed by atoms with Gasteiger partial charge in [-0.2, -0.15) is 0 Å². The van der Waals surface area contributed by atoms with Gasteiger partial charge in [0.25, 0.3) is 10.0 Å². The lowest BCUT2D eigenvalue weighted by Gasteiger charge is -2.07. The number of nitrogens with one attached hydrogen (secondary N) is 2. The highest BCUT2D eigenvalue weighted by Gasteiger charge is 2.25. The van der Waals surface area contributed by atoms with Gasteiger partial charge in [0.15, 0.2) is 5.78 Å². The number of hydrogen-bond donors (Lipinski definition) is 2. The Hall–Kier alpha value is -1.82. The molecule has 90 valence electrons. The number of Topliss-reactive ketones (excluding diaryl/α,β-unsaturated/α-hetero) is 1. The molecule has 0 amide bonds. The number of fused-ring (bicyclic) bond motifs is 1. The molecule has 0 saturated carbocycles. The Bertz CT molecular complexity index is 617. The van der Waals surface area contributed by atoms with Crippen molar-refractivity contribution in [3.63, 3.8) is 0 Å². The van der Waals surface area contributed by atoms with Crippen molar-refractivity contribution < 1.29 is 13.2 Å². The zero-order chi connectivity index (χ0) is 12.6. The molecule has 1 aliphatic heterocycles. The smallest absolute Gasteiger partial charge is 0.264 e. The molecule has 0 spiro atoms. The van der Waals surface area contributed by atoms with Gasteiger partial charge in [0.05, 0.1) is 5.69 Å². The summed E-state index contributed by atoms with van der Waals surface area (Å²) >= 11 is 0. The van der Waals surface area contributed by atoms with Crippen LogP contribution in [0.15, 0.2) is 40.6 Å². The first-order chi connectivity index (χ1) is 7.92. The zero-order valence-electron chi connectivity index (χ0n) is 9.44. The molecular formula is C11H12N2O3S. The predicted molar refractivity (Wildman–Crippen MR) is 63.8 cm³/mol. The van der Waals surface area contributed by atoms with Crippen LogP contribution in [0.3, 0.4) is 0 Å². The Morgan fingerprint density at radius 3 is 2.53 bits per heavy atom. The van der Waals surface area contributed by atoms with Gasteiger partial charge in [0.2, 0.25) is 0 Å². The van der Waals surface area contributed by atoms with Crippen LogP contribution in [0.1, 0.15) is 13.8 Å². The number of rotatable bonds is 1. The van der Waals surface area contributed by atoms with Gasteiger partial charge in [0.1, 0.15) is 10.6 Å². The lowest BCUT2D eigenvalue weighted by Crippen LogP contribution is -2.26. The fourth-order valence-electron chi connectivity index (χ4n) is 1.67. The molecule has 5 nitrogen and oxygen atoms in total. The van der Waals surface area contributed by atoms with E-state index in [1.54, 1.807) is 25.1 Å². The van der Waals surface area contributed by atoms with E-state index in [9.17, 15) is 13.2 Å². The Balaban J connectivity index is 2.66. The summed E-state index contributed by atoms with van der Waals surface area (Å²) in [6.45, 7) is 2.97. The number of hydrogen-bond acceptors (Lipinski definition) is 4. The Morgan fingerprint density at radius 2 is 1.88 bits per heavy atom. The van der Waals surface area contributed by atoms with Gasteiger partial charge in [-0.05, 0) is 19.1 Å². The summed E-state index contributed by atoms with van der Waals surface area (Å²) in [7, 11) is -3.70. The third-order valence-corrected chi connectivity index (χ3v) is 3.87. The number of ketones is 1. The van der Waals surface area contributed by atoms with Crippen LogP contribution in [-0.2, 0) is 14.8 Å². The molecule has 6 heteroatoms. The van der Waals surface area contributed by atoms with Crippen LogP contribution in [0.4, 0.5) is 5.69 Å². The molecule has 1 aromatic carbocycles. The number of carbonyl (C=O) groups excluding carboxylic acids is 1. The van der Waals surface area contributed by atoms with Gasteiger partial charge < -0.3 is 5.32 Å². The van der Waals surface area contributed by atoms with Crippen LogP contribution in [0.2, 0.25) is 0 Å². The molecule has 0 saturated heterocycles. The molecule has 0 unspecified atom stereocenters. The molecule has 2 N–H and O–H groups in total. The van der Waals surface area contributed by atoms with E-state index >= 15 is 0 Å². The first-order valence-corrected chi connectivity index (χ1v) is 6.51. The van der Waals surface area contributed by atoms with Crippen LogP contribution in [0.5, 0.6) is 0 Å². The second kappa shape index (κ2) is 3.89. The molecular weight excluding hydrogens is 240 g/mol. The Kier molecular flexibility index (Phi) is 2.66. The lowest BCUT2D eigenvalue weighted by molar-refractivity contribution is -0.113. The third-order valence-electron chi connectivity index (χ3n) is 2.46. The SMILES string of the molecule is CC(=O)C1=C(C)Nc2ccccc2S(=O)(=O)N1. The summed E-state index contributed by atoms with van der Waals surface area (Å²) in [6.07, 6.45) is 0. The van der Waals surface area contributed by atoms with E-state index in [1.807, 2.05) is 0 Å². The van der Waals surface area contributed by atoms with Gasteiger partial charge in [-0.25, -0.2) is 8.42 Å². The topological polar surface area (TPSA) is 75.3 Å². The molecule has 17 heavy (non-hydrogen) atoms. The van der Waals surface area contributed by atoms with Gasteiger partial charge in [-0.15, -0.1) is 0 Å². The average molecular weight is 252 g/mol. The van der Waals surface area contributed by atoms with Gasteiger partial charge >= 0.3 is 0 Å². The molecule has 1 heterocycles. The van der Waals surface area contributed by atoms with E-state index in [-0.39, 0.29) is 16.4 Å². The minimum atomic E-state index is -3.70. The summed E-state index contributed by atoms with van der Waals surface area (Å²) in [5, 5.41) is 2.93. The highest BCUT2D eigenvalue weighted by Crippen LogP contribution is 2.26. The average Bonchev–Trinajstić information content (AvgIpc) is 2.35. The van der Waals surface area contributed by atoms with E-state index in [2.05, 4.69) is 10.0 Å². The van der Waals surface area contributed by atoms with Crippen LogP contribution in [0, 0.1) is 0 Å². The monoisotopic (exact) mass is 252 g/mol. The predicted octanol–water partition coefficient (Wildman–Crippen LogP) is 1.21. The second-order valence-electron chi connectivity index (χ2n) is 3.78. The van der Waals surface area contributed by atoms with E-state index in [4.69, 9.17) is 0 Å². The van der Waals surface area contributed by atoms with Crippen LogP contribution in [0.25, 0.3) is 0 Å².